The van der Waals surface area contributed by atoms with E-state index in [4.69, 9.17) is 4.84 Å². The maximum atomic E-state index is 14.3. The van der Waals surface area contributed by atoms with Gasteiger partial charge in [0.25, 0.3) is 0 Å². The number of nitrogens with one attached hydrogen (secondary N) is 1. The summed E-state index contributed by atoms with van der Waals surface area (Å²) in [7, 11) is 0. The van der Waals surface area contributed by atoms with Gasteiger partial charge in [-0.05, 0) is 59.3 Å². The van der Waals surface area contributed by atoms with E-state index in [1.165, 1.54) is 0 Å². The first kappa shape index (κ1) is 16.1. The zero-order chi connectivity index (χ0) is 16.6. The lowest BCUT2D eigenvalue weighted by Gasteiger charge is -2.15. The Morgan fingerprint density at radius 3 is 2.61 bits per heavy atom. The smallest absolute Gasteiger partial charge is 0.196 e. The van der Waals surface area contributed by atoms with Crippen LogP contribution in [0.15, 0.2) is 29.4 Å². The highest BCUT2D eigenvalue weighted by Gasteiger charge is 2.24. The largest absolute Gasteiger partial charge is 0.395 e. The highest BCUT2D eigenvalue weighted by atomic mass is 127. The first-order valence-corrected chi connectivity index (χ1v) is 7.95. The Balaban J connectivity index is 2.11. The van der Waals surface area contributed by atoms with E-state index in [1.807, 2.05) is 19.1 Å². The number of hydrogen-bond acceptors (Lipinski definition) is 3. The van der Waals surface area contributed by atoms with Gasteiger partial charge in [0.2, 0.25) is 0 Å². The third-order valence-electron chi connectivity index (χ3n) is 3.53. The van der Waals surface area contributed by atoms with Crippen LogP contribution in [0.1, 0.15) is 17.5 Å². The van der Waals surface area contributed by atoms with Crippen LogP contribution in [0.5, 0.6) is 0 Å². The van der Waals surface area contributed by atoms with Crippen LogP contribution in [0.2, 0.25) is 0 Å². The van der Waals surface area contributed by atoms with Crippen molar-refractivity contribution < 1.29 is 18.0 Å². The number of nitrogens with zero attached hydrogens (tertiary/aromatic N) is 1. The molecule has 23 heavy (non-hydrogen) atoms. The van der Waals surface area contributed by atoms with Crippen molar-refractivity contribution in [2.45, 2.75) is 13.3 Å². The van der Waals surface area contributed by atoms with E-state index in [9.17, 15) is 13.2 Å². The van der Waals surface area contributed by atoms with Crippen LogP contribution in [0, 0.1) is 27.9 Å². The van der Waals surface area contributed by atoms with Gasteiger partial charge in [-0.15, -0.1) is 0 Å². The van der Waals surface area contributed by atoms with Gasteiger partial charge in [-0.3, -0.25) is 0 Å². The average Bonchev–Trinajstić information content (AvgIpc) is 3.04. The van der Waals surface area contributed by atoms with Gasteiger partial charge < -0.3 is 10.2 Å². The minimum absolute atomic E-state index is 0.141. The number of hydrogen-bond donors (Lipinski definition) is 1. The van der Waals surface area contributed by atoms with Gasteiger partial charge in [-0.25, -0.2) is 13.2 Å². The molecule has 0 spiro atoms. The number of oxime groups is 1. The summed E-state index contributed by atoms with van der Waals surface area (Å²) in [5, 5.41) is 6.64. The van der Waals surface area contributed by atoms with E-state index in [0.29, 0.717) is 24.4 Å². The third kappa shape index (κ3) is 3.15. The second-order valence-electron chi connectivity index (χ2n) is 5.11. The zero-order valence-corrected chi connectivity index (χ0v) is 14.2. The molecule has 0 atom stereocenters. The summed E-state index contributed by atoms with van der Waals surface area (Å²) in [5.41, 5.74) is 1.87. The molecule has 0 bridgehead atoms. The molecule has 2 aromatic rings. The van der Waals surface area contributed by atoms with E-state index < -0.39 is 17.5 Å². The number of benzene rings is 2. The summed E-state index contributed by atoms with van der Waals surface area (Å²) in [6, 6.07) is 6.44. The molecule has 0 aromatic heterocycles. The standard InChI is InChI=1S/C16H12F3IN2O/c1-8-6-9(20)2-3-12(8)21-16-10(13-4-5-23-22-13)7-11(17)14(18)15(16)19/h2-3,6-7,21H,4-5H2,1H3. The van der Waals surface area contributed by atoms with Gasteiger partial charge in [0.15, 0.2) is 17.5 Å². The molecule has 1 N–H and O–H groups in total. The molecule has 0 aliphatic carbocycles. The van der Waals surface area contributed by atoms with E-state index in [0.717, 1.165) is 15.2 Å². The molecule has 0 saturated carbocycles. The van der Waals surface area contributed by atoms with E-state index in [1.54, 1.807) is 6.07 Å². The van der Waals surface area contributed by atoms with Crippen molar-refractivity contribution in [1.82, 2.24) is 0 Å². The molecule has 3 nitrogen and oxygen atoms in total. The van der Waals surface area contributed by atoms with E-state index in [-0.39, 0.29) is 11.3 Å². The summed E-state index contributed by atoms with van der Waals surface area (Å²) in [6.45, 7) is 2.18. The van der Waals surface area contributed by atoms with Gasteiger partial charge in [-0.1, -0.05) is 5.16 Å². The normalized spacial score (nSPS) is 13.7. The molecular weight excluding hydrogens is 420 g/mol. The Hall–Kier alpha value is -1.77. The Bertz CT molecular complexity index is 808. The minimum Gasteiger partial charge on any atom is -0.395 e. The van der Waals surface area contributed by atoms with Crippen LogP contribution < -0.4 is 5.32 Å². The Morgan fingerprint density at radius 1 is 1.17 bits per heavy atom. The fourth-order valence-electron chi connectivity index (χ4n) is 2.34. The second kappa shape index (κ2) is 6.38. The lowest BCUT2D eigenvalue weighted by atomic mass is 10.0. The van der Waals surface area contributed by atoms with Crippen LogP contribution in [0.3, 0.4) is 0 Å². The Kier molecular flexibility index (Phi) is 4.47. The molecule has 1 aliphatic heterocycles. The fourth-order valence-corrected chi connectivity index (χ4v) is 2.99. The van der Waals surface area contributed by atoms with Gasteiger partial charge in [0.05, 0.1) is 11.4 Å². The quantitative estimate of drug-likeness (QED) is 0.554. The van der Waals surface area contributed by atoms with Gasteiger partial charge in [-0.2, -0.15) is 0 Å². The molecule has 0 fully saturated rings. The lowest BCUT2D eigenvalue weighted by Crippen LogP contribution is -2.09. The van der Waals surface area contributed by atoms with Crippen LogP contribution >= 0.6 is 22.6 Å². The first-order chi connectivity index (χ1) is 11.0. The van der Waals surface area contributed by atoms with Gasteiger partial charge in [0, 0.05) is 21.2 Å². The van der Waals surface area contributed by atoms with Crippen molar-refractivity contribution in [1.29, 1.82) is 0 Å². The molecule has 3 rings (SSSR count). The summed E-state index contributed by atoms with van der Waals surface area (Å²) in [4.78, 5) is 4.89. The van der Waals surface area contributed by atoms with E-state index in [2.05, 4.69) is 33.1 Å². The highest BCUT2D eigenvalue weighted by Crippen LogP contribution is 2.31. The third-order valence-corrected chi connectivity index (χ3v) is 4.20. The van der Waals surface area contributed by atoms with Crippen LogP contribution in [-0.4, -0.2) is 12.3 Å². The summed E-state index contributed by atoms with van der Waals surface area (Å²) in [6.07, 6.45) is 0.408. The number of aryl methyl sites for hydroxylation is 1. The fraction of sp³-hybridized carbons (Fsp3) is 0.188. The summed E-state index contributed by atoms with van der Waals surface area (Å²) >= 11 is 2.16. The number of rotatable bonds is 3. The molecule has 7 heteroatoms. The van der Waals surface area contributed by atoms with Crippen molar-refractivity contribution in [2.75, 3.05) is 11.9 Å². The monoisotopic (exact) mass is 432 g/mol. The Morgan fingerprint density at radius 2 is 1.96 bits per heavy atom. The van der Waals surface area contributed by atoms with Crippen molar-refractivity contribution in [3.63, 3.8) is 0 Å². The van der Waals surface area contributed by atoms with Crippen molar-refractivity contribution in [2.24, 2.45) is 5.16 Å². The van der Waals surface area contributed by atoms with Crippen molar-refractivity contribution in [3.8, 4) is 0 Å². The second-order valence-corrected chi connectivity index (χ2v) is 6.36. The lowest BCUT2D eigenvalue weighted by molar-refractivity contribution is 0.174. The van der Waals surface area contributed by atoms with Gasteiger partial charge in [0.1, 0.15) is 6.61 Å². The summed E-state index contributed by atoms with van der Waals surface area (Å²) < 4.78 is 42.6. The first-order valence-electron chi connectivity index (χ1n) is 6.87. The zero-order valence-electron chi connectivity index (χ0n) is 12.1. The molecule has 0 amide bonds. The molecule has 1 heterocycles. The Labute approximate surface area is 144 Å². The van der Waals surface area contributed by atoms with Crippen molar-refractivity contribution >= 4 is 39.7 Å². The number of halogens is 4. The maximum Gasteiger partial charge on any atom is 0.196 e. The number of anilines is 2. The predicted octanol–water partition coefficient (Wildman–Crippen LogP) is 4.88. The SMILES string of the molecule is Cc1cc(I)ccc1Nc1c(C2=NOCC2)cc(F)c(F)c1F. The van der Waals surface area contributed by atoms with Crippen LogP contribution in [0.4, 0.5) is 24.5 Å². The molecule has 0 saturated heterocycles. The molecule has 0 radical (unpaired) electrons. The average molecular weight is 432 g/mol. The predicted molar refractivity (Wildman–Crippen MR) is 90.6 cm³/mol. The molecule has 0 unspecified atom stereocenters. The maximum absolute atomic E-state index is 14.3. The van der Waals surface area contributed by atoms with Crippen molar-refractivity contribution in [3.05, 3.63) is 56.4 Å². The van der Waals surface area contributed by atoms with Gasteiger partial charge >= 0.3 is 0 Å². The van der Waals surface area contributed by atoms with E-state index >= 15 is 0 Å². The molecule has 120 valence electrons. The molecule has 2 aromatic carbocycles. The summed E-state index contributed by atoms with van der Waals surface area (Å²) in [5.74, 6) is -4.04. The highest BCUT2D eigenvalue weighted by molar-refractivity contribution is 14.1. The molecule has 1 aliphatic rings. The molecular formula is C16H12F3IN2O. The topological polar surface area (TPSA) is 33.6 Å². The minimum atomic E-state index is -1.51. The van der Waals surface area contributed by atoms with Crippen LogP contribution in [-0.2, 0) is 4.84 Å². The van der Waals surface area contributed by atoms with Crippen LogP contribution in [0.25, 0.3) is 0 Å².